The number of phosphoric ester groups is 1. The van der Waals surface area contributed by atoms with E-state index in [1.807, 2.05) is 0 Å². The van der Waals surface area contributed by atoms with Crippen LogP contribution in [0.3, 0.4) is 0 Å². The van der Waals surface area contributed by atoms with Crippen molar-refractivity contribution in [2.24, 2.45) is 15.7 Å². The van der Waals surface area contributed by atoms with E-state index in [1.54, 1.807) is 11.9 Å². The number of aliphatic hydroxyl groups excluding tert-OH is 2. The van der Waals surface area contributed by atoms with Crippen LogP contribution >= 0.6 is 15.6 Å². The van der Waals surface area contributed by atoms with E-state index in [1.165, 1.54) is 4.90 Å². The number of ether oxygens (including phenoxy) is 1. The second-order valence-electron chi connectivity index (χ2n) is 6.43. The van der Waals surface area contributed by atoms with E-state index in [9.17, 15) is 29.0 Å². The van der Waals surface area contributed by atoms with Gasteiger partial charge in [0.05, 0.1) is 13.3 Å². The van der Waals surface area contributed by atoms with Crippen molar-refractivity contribution < 1.29 is 52.4 Å². The predicted octanol–water partition coefficient (Wildman–Crippen LogP) is -3.51. The maximum Gasteiger partial charge on any atom is 0.481 e. The highest BCUT2D eigenvalue weighted by molar-refractivity contribution is 7.60. The van der Waals surface area contributed by atoms with E-state index in [0.717, 1.165) is 0 Å². The third kappa shape index (κ3) is 4.73. The number of fused-ring (bicyclic) bond motifs is 1. The Balaban J connectivity index is 1.72. The molecule has 0 aromatic heterocycles. The number of likely N-dealkylation sites (N-methyl/N-ethyl adjacent to an activating group) is 1. The van der Waals surface area contributed by atoms with E-state index in [-0.39, 0.29) is 18.5 Å². The Labute approximate surface area is 163 Å². The number of amides is 1. The zero-order valence-corrected chi connectivity index (χ0v) is 16.5. The molecule has 6 atom stereocenters. The number of guanidine groups is 1. The molecule has 0 aliphatic carbocycles. The highest BCUT2D eigenvalue weighted by Crippen LogP contribution is 2.57. The highest BCUT2D eigenvalue weighted by Gasteiger charge is 2.52. The minimum atomic E-state index is -5.32. The molecule has 2 fully saturated rings. The van der Waals surface area contributed by atoms with Crippen LogP contribution in [0.2, 0.25) is 0 Å². The van der Waals surface area contributed by atoms with Crippen molar-refractivity contribution in [1.82, 2.24) is 9.80 Å². The second kappa shape index (κ2) is 7.76. The number of phosphoric acid groups is 2. The Morgan fingerprint density at radius 3 is 2.52 bits per heavy atom. The minimum Gasteiger partial charge on any atom is -0.387 e. The zero-order valence-electron chi connectivity index (χ0n) is 14.7. The van der Waals surface area contributed by atoms with Crippen LogP contribution in [0.4, 0.5) is 0 Å². The molecule has 18 heteroatoms. The number of amidine groups is 1. The topological polar surface area (TPSA) is 237 Å². The van der Waals surface area contributed by atoms with Crippen LogP contribution in [0, 0.1) is 0 Å². The van der Waals surface area contributed by atoms with Gasteiger partial charge in [-0.25, -0.2) is 9.13 Å². The zero-order chi connectivity index (χ0) is 21.7. The molecular formula is C11H19N5O11P2. The minimum absolute atomic E-state index is 0.0554. The lowest BCUT2D eigenvalue weighted by molar-refractivity contribution is -0.120. The van der Waals surface area contributed by atoms with Gasteiger partial charge in [-0.2, -0.15) is 14.3 Å². The summed E-state index contributed by atoms with van der Waals surface area (Å²) in [6, 6.07) is -0.861. The van der Waals surface area contributed by atoms with Gasteiger partial charge in [-0.05, 0) is 7.05 Å². The molecule has 7 N–H and O–H groups in total. The van der Waals surface area contributed by atoms with Gasteiger partial charge in [0.15, 0.2) is 12.3 Å². The van der Waals surface area contributed by atoms with Crippen LogP contribution in [-0.2, 0) is 27.5 Å². The molecule has 0 aromatic carbocycles. The van der Waals surface area contributed by atoms with Crippen molar-refractivity contribution in [3.05, 3.63) is 0 Å². The van der Waals surface area contributed by atoms with Crippen LogP contribution < -0.4 is 5.73 Å². The maximum atomic E-state index is 12.1. The fourth-order valence-corrected chi connectivity index (χ4v) is 4.75. The second-order valence-corrected chi connectivity index (χ2v) is 9.26. The third-order valence-electron chi connectivity index (χ3n) is 4.30. The summed E-state index contributed by atoms with van der Waals surface area (Å²) in [5.41, 5.74) is 5.51. The number of aliphatic hydroxyl groups is 2. The largest absolute Gasteiger partial charge is 0.481 e. The van der Waals surface area contributed by atoms with Crippen LogP contribution in [0.25, 0.3) is 0 Å². The van der Waals surface area contributed by atoms with E-state index in [0.29, 0.717) is 0 Å². The van der Waals surface area contributed by atoms with E-state index in [2.05, 4.69) is 18.8 Å². The third-order valence-corrected chi connectivity index (χ3v) is 6.45. The summed E-state index contributed by atoms with van der Waals surface area (Å²) in [6.45, 7) is -0.787. The standard InChI is InChI=1S/C11H19N5O11P2/c1-15-3-16(8-5(15)9(19)14-11(12)13-8)10-7(18)6(17)4(26-10)2-25-29(23,24)27-28(20,21)22/h4-7,10,17-18H,2-3H2,1H3,(H,23,24)(H2,12,14,19)(H2,20,21,22)/t4-,5?,6-,7-,10-/m1/s1. The summed E-state index contributed by atoms with van der Waals surface area (Å²) < 4.78 is 35.8. The molecule has 2 saturated heterocycles. The van der Waals surface area contributed by atoms with Gasteiger partial charge < -0.3 is 40.3 Å². The molecule has 2 unspecified atom stereocenters. The maximum absolute atomic E-state index is 12.1. The highest BCUT2D eigenvalue weighted by atomic mass is 31.3. The van der Waals surface area contributed by atoms with Gasteiger partial charge in [0.25, 0.3) is 5.91 Å². The first-order valence-electron chi connectivity index (χ1n) is 7.98. The molecule has 0 spiro atoms. The number of carbonyl (C=O) groups is 1. The fourth-order valence-electron chi connectivity index (χ4n) is 3.15. The molecule has 0 radical (unpaired) electrons. The Morgan fingerprint density at radius 2 is 1.90 bits per heavy atom. The van der Waals surface area contributed by atoms with Crippen LogP contribution in [-0.4, -0.2) is 103 Å². The summed E-state index contributed by atoms with van der Waals surface area (Å²) >= 11 is 0. The lowest BCUT2D eigenvalue weighted by Gasteiger charge is -2.28. The van der Waals surface area contributed by atoms with Crippen LogP contribution in [0.15, 0.2) is 9.98 Å². The van der Waals surface area contributed by atoms with Gasteiger partial charge in [0.1, 0.15) is 24.1 Å². The van der Waals surface area contributed by atoms with E-state index >= 15 is 0 Å². The lowest BCUT2D eigenvalue weighted by atomic mass is 10.1. The first-order valence-corrected chi connectivity index (χ1v) is 11.0. The number of nitrogens with two attached hydrogens (primary N) is 1. The Kier molecular flexibility index (Phi) is 5.99. The molecule has 0 aromatic rings. The molecule has 16 nitrogen and oxygen atoms in total. The van der Waals surface area contributed by atoms with E-state index < -0.39 is 58.7 Å². The molecule has 3 aliphatic rings. The number of hydrogen-bond donors (Lipinski definition) is 6. The molecule has 3 heterocycles. The monoisotopic (exact) mass is 459 g/mol. The van der Waals surface area contributed by atoms with E-state index in [4.69, 9.17) is 20.3 Å². The molecule has 1 amide bonds. The van der Waals surface area contributed by atoms with Gasteiger partial charge >= 0.3 is 15.6 Å². The lowest BCUT2D eigenvalue weighted by Crippen LogP contribution is -2.48. The Morgan fingerprint density at radius 1 is 1.24 bits per heavy atom. The fraction of sp³-hybridized carbons (Fsp3) is 0.727. The smallest absolute Gasteiger partial charge is 0.387 e. The van der Waals surface area contributed by atoms with Crippen molar-refractivity contribution in [2.75, 3.05) is 20.3 Å². The summed E-state index contributed by atoms with van der Waals surface area (Å²) in [4.78, 5) is 49.0. The van der Waals surface area contributed by atoms with Crippen LogP contribution in [0.1, 0.15) is 0 Å². The van der Waals surface area contributed by atoms with Crippen LogP contribution in [0.5, 0.6) is 0 Å². The number of nitrogens with zero attached hydrogens (tertiary/aromatic N) is 4. The molecule has 29 heavy (non-hydrogen) atoms. The van der Waals surface area contributed by atoms with Crippen molar-refractivity contribution >= 4 is 33.3 Å². The number of aliphatic imine (C=N–C) groups is 2. The molecule has 3 aliphatic heterocycles. The molecular weight excluding hydrogens is 440 g/mol. The number of hydrogen-bond acceptors (Lipinski definition) is 12. The van der Waals surface area contributed by atoms with Crippen molar-refractivity contribution in [1.29, 1.82) is 0 Å². The van der Waals surface area contributed by atoms with Crippen molar-refractivity contribution in [3.8, 4) is 0 Å². The first kappa shape index (κ1) is 22.4. The first-order chi connectivity index (χ1) is 13.3. The number of rotatable bonds is 6. The molecule has 164 valence electrons. The summed E-state index contributed by atoms with van der Waals surface area (Å²) in [5.74, 6) is -0.716. The summed E-state index contributed by atoms with van der Waals surface area (Å²) in [5, 5.41) is 20.5. The van der Waals surface area contributed by atoms with Crippen molar-refractivity contribution in [2.45, 2.75) is 30.6 Å². The van der Waals surface area contributed by atoms with Gasteiger partial charge in [0, 0.05) is 0 Å². The number of carbonyl (C=O) groups excluding carboxylic acids is 1. The Hall–Kier alpha value is -1.29. The summed E-state index contributed by atoms with van der Waals surface area (Å²) in [7, 11) is -8.89. The summed E-state index contributed by atoms with van der Waals surface area (Å²) in [6.07, 6.45) is -5.75. The average molecular weight is 459 g/mol. The van der Waals surface area contributed by atoms with Crippen molar-refractivity contribution in [3.63, 3.8) is 0 Å². The predicted molar refractivity (Wildman–Crippen MR) is 91.9 cm³/mol. The molecule has 3 rings (SSSR count). The van der Waals surface area contributed by atoms with Gasteiger partial charge in [-0.1, -0.05) is 0 Å². The Bertz CT molecular complexity index is 845. The van der Waals surface area contributed by atoms with Gasteiger partial charge in [-0.3, -0.25) is 14.2 Å². The molecule has 0 saturated carbocycles. The SMILES string of the molecule is CN1CN([C@@H]2O[C@H](COP(=O)(O)OP(=O)(O)O)[C@@H](O)[C@H]2O)C2=NC(N)=NC(=O)C21. The van der Waals surface area contributed by atoms with Gasteiger partial charge in [-0.15, -0.1) is 0 Å². The molecule has 0 bridgehead atoms. The van der Waals surface area contributed by atoms with Gasteiger partial charge in [0.2, 0.25) is 5.96 Å². The average Bonchev–Trinajstić information content (AvgIpc) is 3.01. The quantitative estimate of drug-likeness (QED) is 0.211. The normalized spacial score (nSPS) is 35.3.